The van der Waals surface area contributed by atoms with Gasteiger partial charge in [0.1, 0.15) is 11.5 Å². The number of nitrogens with one attached hydrogen (secondary N) is 1. The van der Waals surface area contributed by atoms with Gasteiger partial charge in [-0.3, -0.25) is 9.59 Å². The summed E-state index contributed by atoms with van der Waals surface area (Å²) < 4.78 is 39.6. The van der Waals surface area contributed by atoms with Crippen molar-refractivity contribution in [2.45, 2.75) is 37.7 Å². The number of rotatable bonds is 5. The van der Waals surface area contributed by atoms with Crippen molar-refractivity contribution in [2.24, 2.45) is 5.92 Å². The number of aryl methyl sites for hydroxylation is 1. The summed E-state index contributed by atoms with van der Waals surface area (Å²) in [6.45, 7) is 6.47. The maximum Gasteiger partial charge on any atom is 0.265 e. The number of hydrogen-bond donors (Lipinski definition) is 1. The van der Waals surface area contributed by atoms with Crippen LogP contribution in [0.1, 0.15) is 25.3 Å². The summed E-state index contributed by atoms with van der Waals surface area (Å²) in [6, 6.07) is 11.0. The van der Waals surface area contributed by atoms with Gasteiger partial charge in [-0.2, -0.15) is 4.31 Å². The first-order valence-corrected chi connectivity index (χ1v) is 14.4. The Morgan fingerprint density at radius 2 is 1.79 bits per heavy atom. The molecule has 204 valence electrons. The molecule has 0 saturated carbocycles. The Morgan fingerprint density at radius 1 is 1.08 bits per heavy atom. The zero-order valence-electron chi connectivity index (χ0n) is 22.0. The van der Waals surface area contributed by atoms with Crippen molar-refractivity contribution in [1.82, 2.24) is 9.21 Å². The van der Waals surface area contributed by atoms with Gasteiger partial charge in [0.15, 0.2) is 6.10 Å². The highest BCUT2D eigenvalue weighted by atomic mass is 32.2. The molecule has 11 heteroatoms. The van der Waals surface area contributed by atoms with Gasteiger partial charge in [0.2, 0.25) is 15.9 Å². The Bertz CT molecular complexity index is 1320. The Kier molecular flexibility index (Phi) is 7.23. The number of carbonyl (C=O) groups is 2. The van der Waals surface area contributed by atoms with Crippen LogP contribution in [-0.4, -0.2) is 81.9 Å². The number of sulfonamides is 1. The van der Waals surface area contributed by atoms with Crippen LogP contribution in [0.4, 0.5) is 11.4 Å². The lowest BCUT2D eigenvalue weighted by atomic mass is 9.97. The molecule has 3 aliphatic rings. The summed E-state index contributed by atoms with van der Waals surface area (Å²) in [4.78, 5) is 29.6. The van der Waals surface area contributed by atoms with Crippen LogP contribution in [-0.2, 0) is 19.6 Å². The number of ether oxygens (including phenoxy) is 2. The molecule has 2 saturated heterocycles. The molecular formula is C27H34N4O6S. The smallest absolute Gasteiger partial charge is 0.265 e. The molecule has 0 spiro atoms. The van der Waals surface area contributed by atoms with E-state index in [1.165, 1.54) is 10.4 Å². The summed E-state index contributed by atoms with van der Waals surface area (Å²) in [5.74, 6) is 0.509. The minimum absolute atomic E-state index is 0.0151. The van der Waals surface area contributed by atoms with Gasteiger partial charge in [-0.15, -0.1) is 0 Å². The van der Waals surface area contributed by atoms with E-state index in [-0.39, 0.29) is 29.2 Å². The van der Waals surface area contributed by atoms with Crippen LogP contribution < -0.4 is 19.7 Å². The van der Waals surface area contributed by atoms with Crippen LogP contribution in [0.3, 0.4) is 0 Å². The fourth-order valence-electron chi connectivity index (χ4n) is 5.36. The Labute approximate surface area is 223 Å². The van der Waals surface area contributed by atoms with Crippen molar-refractivity contribution in [3.8, 4) is 11.5 Å². The molecule has 0 aromatic heterocycles. The zero-order valence-corrected chi connectivity index (χ0v) is 22.8. The number of amides is 2. The van der Waals surface area contributed by atoms with Crippen molar-refractivity contribution in [3.63, 3.8) is 0 Å². The molecule has 38 heavy (non-hydrogen) atoms. The number of piperidine rings is 1. The van der Waals surface area contributed by atoms with Crippen LogP contribution >= 0.6 is 0 Å². The van der Waals surface area contributed by atoms with Crippen LogP contribution in [0.5, 0.6) is 11.5 Å². The Hall–Kier alpha value is -3.31. The molecule has 0 radical (unpaired) electrons. The van der Waals surface area contributed by atoms with E-state index in [9.17, 15) is 18.0 Å². The van der Waals surface area contributed by atoms with E-state index < -0.39 is 16.1 Å². The molecule has 1 N–H and O–H groups in total. The van der Waals surface area contributed by atoms with Crippen LogP contribution in [0.25, 0.3) is 0 Å². The van der Waals surface area contributed by atoms with E-state index in [1.54, 1.807) is 27.0 Å². The highest BCUT2D eigenvalue weighted by molar-refractivity contribution is 7.89. The van der Waals surface area contributed by atoms with Gasteiger partial charge in [-0.1, -0.05) is 0 Å². The summed E-state index contributed by atoms with van der Waals surface area (Å²) >= 11 is 0. The summed E-state index contributed by atoms with van der Waals surface area (Å²) in [6.07, 6.45) is 0.581. The SMILES string of the molecule is COc1ccc(N2CCN(C(=O)C3CCCN(S(=O)(=O)c4cc5c(cc4C)NC(=O)C(C)O5)C3)CC2)cc1. The monoisotopic (exact) mass is 542 g/mol. The average Bonchev–Trinajstić information content (AvgIpc) is 2.93. The molecule has 2 unspecified atom stereocenters. The molecule has 2 fully saturated rings. The molecule has 10 nitrogen and oxygen atoms in total. The van der Waals surface area contributed by atoms with Crippen LogP contribution in [0.15, 0.2) is 41.3 Å². The molecule has 3 heterocycles. The molecule has 3 aliphatic heterocycles. The quantitative estimate of drug-likeness (QED) is 0.618. The second-order valence-corrected chi connectivity index (χ2v) is 12.0. The topological polar surface area (TPSA) is 108 Å². The van der Waals surface area contributed by atoms with E-state index in [1.807, 2.05) is 29.2 Å². The number of methoxy groups -OCH3 is 1. The number of hydrogen-bond acceptors (Lipinski definition) is 7. The molecule has 2 amide bonds. The normalized spacial score (nSPS) is 22.3. The van der Waals surface area contributed by atoms with Crippen molar-refractivity contribution in [1.29, 1.82) is 0 Å². The number of fused-ring (bicyclic) bond motifs is 1. The Balaban J connectivity index is 1.25. The highest BCUT2D eigenvalue weighted by Crippen LogP contribution is 2.36. The summed E-state index contributed by atoms with van der Waals surface area (Å²) in [5.41, 5.74) is 2.07. The first-order chi connectivity index (χ1) is 18.2. The molecular weight excluding hydrogens is 508 g/mol. The van der Waals surface area contributed by atoms with E-state index in [2.05, 4.69) is 10.2 Å². The van der Waals surface area contributed by atoms with Gasteiger partial charge in [0.05, 0.1) is 23.6 Å². The maximum absolute atomic E-state index is 13.7. The molecule has 0 bridgehead atoms. The largest absolute Gasteiger partial charge is 0.497 e. The predicted octanol–water partition coefficient (Wildman–Crippen LogP) is 2.47. The highest BCUT2D eigenvalue weighted by Gasteiger charge is 2.37. The van der Waals surface area contributed by atoms with Crippen molar-refractivity contribution < 1.29 is 27.5 Å². The first kappa shape index (κ1) is 26.3. The summed E-state index contributed by atoms with van der Waals surface area (Å²) in [7, 11) is -2.21. The van der Waals surface area contributed by atoms with E-state index in [4.69, 9.17) is 9.47 Å². The number of carbonyl (C=O) groups excluding carboxylic acids is 2. The molecule has 2 aromatic carbocycles. The van der Waals surface area contributed by atoms with Gasteiger partial charge in [0.25, 0.3) is 5.91 Å². The van der Waals surface area contributed by atoms with Gasteiger partial charge in [0, 0.05) is 51.0 Å². The third-order valence-electron chi connectivity index (χ3n) is 7.59. The lowest BCUT2D eigenvalue weighted by Crippen LogP contribution is -2.53. The fourth-order valence-corrected chi connectivity index (χ4v) is 7.10. The molecule has 0 aliphatic carbocycles. The zero-order chi connectivity index (χ0) is 27.0. The Morgan fingerprint density at radius 3 is 2.47 bits per heavy atom. The second-order valence-electron chi connectivity index (χ2n) is 10.1. The van der Waals surface area contributed by atoms with Gasteiger partial charge >= 0.3 is 0 Å². The number of anilines is 2. The first-order valence-electron chi connectivity index (χ1n) is 13.0. The van der Waals surface area contributed by atoms with Gasteiger partial charge < -0.3 is 24.6 Å². The minimum Gasteiger partial charge on any atom is -0.497 e. The van der Waals surface area contributed by atoms with Crippen LogP contribution in [0.2, 0.25) is 0 Å². The second kappa shape index (κ2) is 10.5. The lowest BCUT2D eigenvalue weighted by molar-refractivity contribution is -0.137. The summed E-state index contributed by atoms with van der Waals surface area (Å²) in [5, 5.41) is 2.75. The van der Waals surface area contributed by atoms with Crippen molar-refractivity contribution >= 4 is 33.2 Å². The van der Waals surface area contributed by atoms with E-state index >= 15 is 0 Å². The number of nitrogens with zero attached hydrogens (tertiary/aromatic N) is 3. The van der Waals surface area contributed by atoms with E-state index in [0.29, 0.717) is 49.5 Å². The fraction of sp³-hybridized carbons (Fsp3) is 0.481. The average molecular weight is 543 g/mol. The number of piperazine rings is 1. The maximum atomic E-state index is 13.7. The van der Waals surface area contributed by atoms with Gasteiger partial charge in [-0.05, 0) is 62.6 Å². The molecule has 2 atom stereocenters. The van der Waals surface area contributed by atoms with Crippen molar-refractivity contribution in [2.75, 3.05) is 56.6 Å². The third kappa shape index (κ3) is 5.04. The van der Waals surface area contributed by atoms with Crippen molar-refractivity contribution in [3.05, 3.63) is 42.0 Å². The van der Waals surface area contributed by atoms with Crippen LogP contribution in [0, 0.1) is 12.8 Å². The third-order valence-corrected chi connectivity index (χ3v) is 9.60. The minimum atomic E-state index is -3.85. The van der Waals surface area contributed by atoms with Gasteiger partial charge in [-0.25, -0.2) is 8.42 Å². The predicted molar refractivity (Wildman–Crippen MR) is 143 cm³/mol. The lowest BCUT2D eigenvalue weighted by Gasteiger charge is -2.39. The molecule has 5 rings (SSSR count). The standard InChI is InChI=1S/C27H34N4O6S/c1-18-15-23-24(37-19(2)26(32)28-23)16-25(18)38(34,35)31-10-4-5-20(17-31)27(33)30-13-11-29(12-14-30)21-6-8-22(36-3)9-7-21/h6-9,15-16,19-20H,4-5,10-14,17H2,1-3H3,(H,28,32). The molecule has 2 aromatic rings. The number of benzene rings is 2. The van der Waals surface area contributed by atoms with E-state index in [0.717, 1.165) is 24.5 Å².